The van der Waals surface area contributed by atoms with Crippen LogP contribution in [0.1, 0.15) is 45.2 Å². The van der Waals surface area contributed by atoms with Crippen molar-refractivity contribution in [2.24, 2.45) is 17.7 Å². The largest absolute Gasteiger partial charge is 0.494 e. The number of methoxy groups -OCH3 is 1. The Kier molecular flexibility index (Phi) is 6.25. The summed E-state index contributed by atoms with van der Waals surface area (Å²) in [4.78, 5) is 0. The third kappa shape index (κ3) is 4.80. The van der Waals surface area contributed by atoms with Crippen molar-refractivity contribution in [2.45, 2.75) is 39.7 Å². The maximum absolute atomic E-state index is 13.4. The van der Waals surface area contributed by atoms with Gasteiger partial charge in [-0.1, -0.05) is 26.8 Å². The predicted molar refractivity (Wildman–Crippen MR) is 76.3 cm³/mol. The lowest BCUT2D eigenvalue weighted by Gasteiger charge is -2.22. The molecule has 19 heavy (non-hydrogen) atoms. The minimum atomic E-state index is -0.350. The molecule has 3 nitrogen and oxygen atoms in total. The molecule has 0 heterocycles. The van der Waals surface area contributed by atoms with Crippen molar-refractivity contribution in [3.63, 3.8) is 0 Å². The van der Waals surface area contributed by atoms with E-state index in [9.17, 15) is 4.39 Å². The molecule has 0 saturated carbocycles. The Hall–Kier alpha value is -1.13. The minimum Gasteiger partial charge on any atom is -0.494 e. The third-order valence-corrected chi connectivity index (χ3v) is 3.29. The third-order valence-electron chi connectivity index (χ3n) is 3.29. The van der Waals surface area contributed by atoms with E-state index in [4.69, 9.17) is 10.6 Å². The molecule has 4 heteroatoms. The molecule has 0 saturated heterocycles. The van der Waals surface area contributed by atoms with Gasteiger partial charge in [-0.3, -0.25) is 11.3 Å². The van der Waals surface area contributed by atoms with E-state index in [1.54, 1.807) is 12.1 Å². The minimum absolute atomic E-state index is 0.0169. The fraction of sp³-hybridized carbons (Fsp3) is 0.600. The lowest BCUT2D eigenvalue weighted by Crippen LogP contribution is -2.29. The van der Waals surface area contributed by atoms with Gasteiger partial charge in [-0.15, -0.1) is 0 Å². The second-order valence-corrected chi connectivity index (χ2v) is 5.58. The highest BCUT2D eigenvalue weighted by molar-refractivity contribution is 5.32. The number of hydrogen-bond donors (Lipinski definition) is 2. The van der Waals surface area contributed by atoms with Crippen LogP contribution in [0.2, 0.25) is 0 Å². The van der Waals surface area contributed by atoms with Gasteiger partial charge in [-0.25, -0.2) is 4.39 Å². The zero-order valence-corrected chi connectivity index (χ0v) is 12.2. The summed E-state index contributed by atoms with van der Waals surface area (Å²) < 4.78 is 18.4. The molecule has 108 valence electrons. The first-order chi connectivity index (χ1) is 8.97. The number of ether oxygens (including phenoxy) is 1. The van der Waals surface area contributed by atoms with Crippen LogP contribution in [-0.4, -0.2) is 7.11 Å². The Balaban J connectivity index is 2.79. The summed E-state index contributed by atoms with van der Waals surface area (Å²) in [5.41, 5.74) is 3.77. The van der Waals surface area contributed by atoms with Crippen LogP contribution in [0.4, 0.5) is 4.39 Å². The molecule has 0 radical (unpaired) electrons. The number of hydrogen-bond acceptors (Lipinski definition) is 3. The fourth-order valence-corrected chi connectivity index (χ4v) is 2.50. The Labute approximate surface area is 115 Å². The van der Waals surface area contributed by atoms with Gasteiger partial charge in [0.1, 0.15) is 0 Å². The summed E-state index contributed by atoms with van der Waals surface area (Å²) in [6, 6.07) is 4.90. The second kappa shape index (κ2) is 7.46. The van der Waals surface area contributed by atoms with Gasteiger partial charge in [0, 0.05) is 6.04 Å². The number of halogens is 1. The van der Waals surface area contributed by atoms with Crippen LogP contribution in [0.15, 0.2) is 18.2 Å². The summed E-state index contributed by atoms with van der Waals surface area (Å²) in [7, 11) is 1.47. The summed E-state index contributed by atoms with van der Waals surface area (Å²) in [5.74, 6) is 6.75. The van der Waals surface area contributed by atoms with Gasteiger partial charge >= 0.3 is 0 Å². The maximum Gasteiger partial charge on any atom is 0.165 e. The molecule has 0 aromatic heterocycles. The molecule has 0 spiro atoms. The van der Waals surface area contributed by atoms with Gasteiger partial charge in [0.15, 0.2) is 11.6 Å². The first-order valence-electron chi connectivity index (χ1n) is 6.77. The predicted octanol–water partition coefficient (Wildman–Crippen LogP) is 3.41. The van der Waals surface area contributed by atoms with E-state index in [1.165, 1.54) is 13.2 Å². The van der Waals surface area contributed by atoms with E-state index in [2.05, 4.69) is 26.2 Å². The van der Waals surface area contributed by atoms with Crippen LogP contribution < -0.4 is 16.0 Å². The van der Waals surface area contributed by atoms with Crippen LogP contribution in [0.3, 0.4) is 0 Å². The lowest BCUT2D eigenvalue weighted by molar-refractivity contribution is 0.355. The smallest absolute Gasteiger partial charge is 0.165 e. The summed E-state index contributed by atoms with van der Waals surface area (Å²) in [6.07, 6.45) is 2.07. The number of rotatable bonds is 7. The van der Waals surface area contributed by atoms with Crippen molar-refractivity contribution in [3.05, 3.63) is 29.6 Å². The van der Waals surface area contributed by atoms with Crippen molar-refractivity contribution >= 4 is 0 Å². The highest BCUT2D eigenvalue weighted by Crippen LogP contribution is 2.28. The van der Waals surface area contributed by atoms with E-state index >= 15 is 0 Å². The summed E-state index contributed by atoms with van der Waals surface area (Å²) in [5, 5.41) is 0. The van der Waals surface area contributed by atoms with Crippen LogP contribution in [0.25, 0.3) is 0 Å². The zero-order chi connectivity index (χ0) is 14.4. The highest BCUT2D eigenvalue weighted by Gasteiger charge is 2.16. The first kappa shape index (κ1) is 15.9. The van der Waals surface area contributed by atoms with Gasteiger partial charge in [0.25, 0.3) is 0 Å². The molecule has 0 aliphatic rings. The van der Waals surface area contributed by atoms with Crippen molar-refractivity contribution < 1.29 is 9.13 Å². The molecule has 0 bridgehead atoms. The van der Waals surface area contributed by atoms with E-state index in [0.717, 1.165) is 18.4 Å². The molecule has 1 aromatic rings. The monoisotopic (exact) mass is 268 g/mol. The highest BCUT2D eigenvalue weighted by atomic mass is 19.1. The molecule has 0 fully saturated rings. The van der Waals surface area contributed by atoms with E-state index in [-0.39, 0.29) is 17.6 Å². The van der Waals surface area contributed by atoms with Gasteiger partial charge in [-0.05, 0) is 42.4 Å². The van der Waals surface area contributed by atoms with E-state index in [1.807, 2.05) is 0 Å². The average Bonchev–Trinajstić information content (AvgIpc) is 2.36. The molecule has 0 aliphatic carbocycles. The Morgan fingerprint density at radius 2 is 1.95 bits per heavy atom. The topological polar surface area (TPSA) is 47.3 Å². The normalized spacial score (nSPS) is 14.5. The number of nitrogens with one attached hydrogen (secondary N) is 1. The Bertz CT molecular complexity index is 396. The van der Waals surface area contributed by atoms with Crippen LogP contribution >= 0.6 is 0 Å². The molecular weight excluding hydrogens is 243 g/mol. The van der Waals surface area contributed by atoms with Crippen LogP contribution in [-0.2, 0) is 0 Å². The quantitative estimate of drug-likeness (QED) is 0.588. The average molecular weight is 268 g/mol. The number of hydrazine groups is 1. The van der Waals surface area contributed by atoms with Gasteiger partial charge in [-0.2, -0.15) is 0 Å². The Morgan fingerprint density at radius 1 is 1.26 bits per heavy atom. The molecular formula is C15H25FN2O. The molecule has 2 atom stereocenters. The van der Waals surface area contributed by atoms with Crippen molar-refractivity contribution in [1.82, 2.24) is 5.43 Å². The van der Waals surface area contributed by atoms with Crippen LogP contribution in [0, 0.1) is 17.7 Å². The van der Waals surface area contributed by atoms with Gasteiger partial charge in [0.2, 0.25) is 0 Å². The zero-order valence-electron chi connectivity index (χ0n) is 12.2. The maximum atomic E-state index is 13.4. The first-order valence-corrected chi connectivity index (χ1v) is 6.77. The van der Waals surface area contributed by atoms with Gasteiger partial charge in [0.05, 0.1) is 7.11 Å². The molecule has 2 unspecified atom stereocenters. The van der Waals surface area contributed by atoms with Crippen LogP contribution in [0.5, 0.6) is 5.75 Å². The van der Waals surface area contributed by atoms with Crippen molar-refractivity contribution in [3.8, 4) is 5.75 Å². The summed E-state index contributed by atoms with van der Waals surface area (Å²) in [6.45, 7) is 6.63. The van der Waals surface area contributed by atoms with Gasteiger partial charge < -0.3 is 4.74 Å². The molecule has 0 amide bonds. The van der Waals surface area contributed by atoms with E-state index in [0.29, 0.717) is 11.8 Å². The lowest BCUT2D eigenvalue weighted by atomic mass is 9.90. The molecule has 1 aromatic carbocycles. The van der Waals surface area contributed by atoms with Crippen molar-refractivity contribution in [2.75, 3.05) is 7.11 Å². The second-order valence-electron chi connectivity index (χ2n) is 5.58. The fourth-order valence-electron chi connectivity index (χ4n) is 2.50. The number of benzene rings is 1. The number of nitrogens with two attached hydrogens (primary N) is 1. The molecule has 1 rings (SSSR count). The summed E-state index contributed by atoms with van der Waals surface area (Å²) >= 11 is 0. The standard InChI is InChI=1S/C15H25FN2O/c1-10(2)7-11(3)8-14(18-17)12-5-6-13(16)15(9-12)19-4/h5-6,9-11,14,18H,7-8,17H2,1-4H3. The SMILES string of the molecule is COc1cc(C(CC(C)CC(C)C)NN)ccc1F. The van der Waals surface area contributed by atoms with Crippen molar-refractivity contribution in [1.29, 1.82) is 0 Å². The molecule has 3 N–H and O–H groups in total. The molecule has 0 aliphatic heterocycles. The Morgan fingerprint density at radius 3 is 2.47 bits per heavy atom. The van der Waals surface area contributed by atoms with E-state index < -0.39 is 0 Å².